The molecule has 0 bridgehead atoms. The molecule has 1 nitrogen and oxygen atoms in total. The van der Waals surface area contributed by atoms with E-state index < -0.39 is 0 Å². The molecule has 0 aromatic heterocycles. The van der Waals surface area contributed by atoms with E-state index in [1.54, 1.807) is 0 Å². The summed E-state index contributed by atoms with van der Waals surface area (Å²) in [7, 11) is 0. The minimum absolute atomic E-state index is 0.222. The van der Waals surface area contributed by atoms with E-state index in [4.69, 9.17) is 0 Å². The van der Waals surface area contributed by atoms with Gasteiger partial charge in [0.2, 0.25) is 0 Å². The van der Waals surface area contributed by atoms with Gasteiger partial charge in [-0.25, -0.2) is 0 Å². The number of hydrogen-bond acceptors (Lipinski definition) is 4. The highest BCUT2D eigenvalue weighted by Crippen LogP contribution is 2.22. The van der Waals surface area contributed by atoms with Gasteiger partial charge in [0, 0.05) is 0 Å². The molecule has 0 aliphatic heterocycles. The van der Waals surface area contributed by atoms with Gasteiger partial charge in [-0.3, -0.25) is 0 Å². The Kier molecular flexibility index (Phi) is 2.39. The number of nitrogens with zero attached hydrogens (tertiary/aromatic N) is 1. The van der Waals surface area contributed by atoms with Gasteiger partial charge in [-0.1, -0.05) is 2.10 Å². The Balaban J connectivity index is 3.02. The molecule has 5 heavy (non-hydrogen) atoms. The van der Waals surface area contributed by atoms with Gasteiger partial charge in [0.25, 0.3) is 0 Å². The molecule has 0 heterocycles. The van der Waals surface area contributed by atoms with Crippen LogP contribution in [0.5, 0.6) is 0 Å². The lowest BCUT2D eigenvalue weighted by atomic mass is 13.8. The zero-order valence-electron chi connectivity index (χ0n) is 2.24. The molecule has 0 atom stereocenters. The van der Waals surface area contributed by atoms with Crippen molar-refractivity contribution in [3.05, 3.63) is 0 Å². The molecule has 0 rings (SSSR count). The van der Waals surface area contributed by atoms with Crippen LogP contribution in [0.1, 0.15) is 0 Å². The molecule has 0 saturated carbocycles. The van der Waals surface area contributed by atoms with Crippen molar-refractivity contribution in [1.82, 2.24) is 0 Å². The van der Waals surface area contributed by atoms with Crippen LogP contribution in [0.3, 0.4) is 0 Å². The Labute approximate surface area is 53.5 Å². The summed E-state index contributed by atoms with van der Waals surface area (Å²) in [6, 6.07) is 0. The zero-order valence-corrected chi connectivity index (χ0v) is 5.81. The van der Waals surface area contributed by atoms with Gasteiger partial charge >= 0.3 is 0 Å². The molecule has 0 aromatic rings. The standard InChI is InChI=1S/H4NS4/c2-1(3,4)5/h2-5H/q+1. The molecule has 0 saturated heterocycles. The average molecular weight is 146 g/mol. The summed E-state index contributed by atoms with van der Waals surface area (Å²) in [6.45, 7) is 0. The third-order valence-corrected chi connectivity index (χ3v) is 0. The Hall–Kier alpha value is 1.36. The van der Waals surface area contributed by atoms with Gasteiger partial charge in [0.15, 0.2) is 0 Å². The Morgan fingerprint density at radius 3 is 0.800 bits per heavy atom. The normalized spacial score (nSPS) is 12.0. The number of rotatable bonds is 0. The molecule has 0 amide bonds. The van der Waals surface area contributed by atoms with Crippen LogP contribution >= 0.6 is 51.3 Å². The van der Waals surface area contributed by atoms with Crippen molar-refractivity contribution >= 4 is 51.3 Å². The summed E-state index contributed by atoms with van der Waals surface area (Å²) >= 11 is 14.6. The van der Waals surface area contributed by atoms with Crippen molar-refractivity contribution in [2.24, 2.45) is 0 Å². The first-order chi connectivity index (χ1) is 2.00. The van der Waals surface area contributed by atoms with Crippen molar-refractivity contribution in [2.75, 3.05) is 0 Å². The second-order valence-electron chi connectivity index (χ2n) is 0.537. The second kappa shape index (κ2) is 1.88. The van der Waals surface area contributed by atoms with Crippen molar-refractivity contribution in [1.29, 1.82) is 0 Å². The fourth-order valence-corrected chi connectivity index (χ4v) is 0. The van der Waals surface area contributed by atoms with Crippen LogP contribution in [-0.2, 0) is 0 Å². The maximum Gasteiger partial charge on any atom is 0.0963 e. The maximum atomic E-state index is 3.65. The molecule has 5 heteroatoms. The van der Waals surface area contributed by atoms with Gasteiger partial charge in [-0.2, -0.15) is 0 Å². The van der Waals surface area contributed by atoms with Crippen LogP contribution in [0.4, 0.5) is 0 Å². The minimum Gasteiger partial charge on any atom is -0.0901 e. The van der Waals surface area contributed by atoms with Gasteiger partial charge < -0.3 is 0 Å². The number of quaternary nitrogens is 1. The van der Waals surface area contributed by atoms with E-state index >= 15 is 0 Å². The Morgan fingerprint density at radius 2 is 0.800 bits per heavy atom. The summed E-state index contributed by atoms with van der Waals surface area (Å²) in [5.74, 6) is 0. The molecule has 0 unspecified atom stereocenters. The smallest absolute Gasteiger partial charge is 0.0901 e. The molecule has 0 spiro atoms. The van der Waals surface area contributed by atoms with Crippen molar-refractivity contribution in [2.45, 2.75) is 0 Å². The van der Waals surface area contributed by atoms with E-state index in [2.05, 4.69) is 51.3 Å². The molecule has 0 aromatic carbocycles. The van der Waals surface area contributed by atoms with Crippen LogP contribution in [0.25, 0.3) is 0 Å². The van der Waals surface area contributed by atoms with Crippen LogP contribution in [0, 0.1) is 0 Å². The quantitative estimate of drug-likeness (QED) is 0.286. The summed E-state index contributed by atoms with van der Waals surface area (Å²) in [6.07, 6.45) is 0. The summed E-state index contributed by atoms with van der Waals surface area (Å²) in [5, 5.41) is 0. The second-order valence-corrected chi connectivity index (χ2v) is 4.83. The largest absolute Gasteiger partial charge is 0.0963 e. The van der Waals surface area contributed by atoms with E-state index in [0.717, 1.165) is 0 Å². The van der Waals surface area contributed by atoms with Gasteiger partial charge in [0.1, 0.15) is 0 Å². The van der Waals surface area contributed by atoms with Gasteiger partial charge in [-0.05, 0) is 0 Å². The number of thiol groups is 4. The van der Waals surface area contributed by atoms with E-state index in [1.165, 1.54) is 0 Å². The van der Waals surface area contributed by atoms with Crippen LogP contribution in [-0.4, -0.2) is 2.10 Å². The first-order valence-corrected chi connectivity index (χ1v) is 2.40. The molecule has 0 aliphatic rings. The SMILES string of the molecule is S[N+](S)(S)S. The lowest BCUT2D eigenvalue weighted by Gasteiger charge is -2.00. The predicted octanol–water partition coefficient (Wildman–Crippen LogP) is 1.18. The topological polar surface area (TPSA) is 0 Å². The molecule has 32 valence electrons. The van der Waals surface area contributed by atoms with Crippen LogP contribution in [0.2, 0.25) is 0 Å². The van der Waals surface area contributed by atoms with Crippen LogP contribution in [0.15, 0.2) is 0 Å². The molecule has 0 fully saturated rings. The highest BCUT2D eigenvalue weighted by molar-refractivity contribution is 8.10. The van der Waals surface area contributed by atoms with E-state index in [9.17, 15) is 0 Å². The first-order valence-electron chi connectivity index (χ1n) is 0.800. The lowest BCUT2D eigenvalue weighted by molar-refractivity contribution is -0.250. The van der Waals surface area contributed by atoms with Crippen molar-refractivity contribution in [3.63, 3.8) is 0 Å². The number of hydrogen-bond donors (Lipinski definition) is 4. The van der Waals surface area contributed by atoms with Crippen molar-refractivity contribution in [3.8, 4) is 0 Å². The first kappa shape index (κ1) is 6.36. The lowest BCUT2D eigenvalue weighted by Crippen LogP contribution is -1.90. The van der Waals surface area contributed by atoms with Gasteiger partial charge in [-0.15, -0.1) is 0 Å². The third-order valence-electron chi connectivity index (χ3n) is 0. The van der Waals surface area contributed by atoms with Crippen LogP contribution < -0.4 is 0 Å². The molecule has 0 radical (unpaired) electrons. The predicted molar refractivity (Wildman–Crippen MR) is 36.2 cm³/mol. The summed E-state index contributed by atoms with van der Waals surface area (Å²) < 4.78 is -0.222. The molecule has 0 aliphatic carbocycles. The Bertz CT molecular complexity index is 19.1. The molecule has 0 N–H and O–H groups in total. The average Bonchev–Trinajstić information content (AvgIpc) is 0.722. The fraction of sp³-hybridized carbons (Fsp3) is 0. The van der Waals surface area contributed by atoms with Crippen molar-refractivity contribution < 1.29 is 2.10 Å². The fourth-order valence-electron chi connectivity index (χ4n) is 0. The highest BCUT2D eigenvalue weighted by Gasteiger charge is 2.01. The monoisotopic (exact) mass is 146 g/mol. The summed E-state index contributed by atoms with van der Waals surface area (Å²) in [4.78, 5) is 0. The Morgan fingerprint density at radius 1 is 0.800 bits per heavy atom. The zero-order chi connectivity index (χ0) is 4.50. The highest BCUT2D eigenvalue weighted by atomic mass is 32.3. The van der Waals surface area contributed by atoms with E-state index in [0.29, 0.717) is 0 Å². The van der Waals surface area contributed by atoms with Gasteiger partial charge in [0.05, 0.1) is 51.3 Å². The molecular weight excluding hydrogens is 142 g/mol. The van der Waals surface area contributed by atoms with E-state index in [1.807, 2.05) is 0 Å². The molecular formula is H4NS4+. The third kappa shape index (κ3) is 32.7. The van der Waals surface area contributed by atoms with E-state index in [-0.39, 0.29) is 2.10 Å². The summed E-state index contributed by atoms with van der Waals surface area (Å²) in [5.41, 5.74) is 0. The minimum atomic E-state index is -0.222. The maximum absolute atomic E-state index is 3.65.